The summed E-state index contributed by atoms with van der Waals surface area (Å²) in [6, 6.07) is 8.65. The van der Waals surface area contributed by atoms with E-state index in [1.807, 2.05) is 0 Å². The molecule has 1 heterocycles. The second-order valence-electron chi connectivity index (χ2n) is 5.03. The lowest BCUT2D eigenvalue weighted by molar-refractivity contribution is 0.149. The van der Waals surface area contributed by atoms with Crippen molar-refractivity contribution >= 4 is 11.6 Å². The fourth-order valence-electron chi connectivity index (χ4n) is 2.67. The highest BCUT2D eigenvalue weighted by molar-refractivity contribution is 6.30. The molecule has 2 aromatic rings. The molecule has 0 spiro atoms. The Balaban J connectivity index is 2.00. The molecular weight excluding hydrogens is 296 g/mol. The summed E-state index contributed by atoms with van der Waals surface area (Å²) in [4.78, 5) is 0. The van der Waals surface area contributed by atoms with Crippen molar-refractivity contribution in [1.82, 2.24) is 5.32 Å². The van der Waals surface area contributed by atoms with E-state index in [9.17, 15) is 8.78 Å². The highest BCUT2D eigenvalue weighted by Crippen LogP contribution is 2.41. The lowest BCUT2D eigenvalue weighted by Crippen LogP contribution is -2.27. The van der Waals surface area contributed by atoms with Gasteiger partial charge < -0.3 is 10.1 Å². The van der Waals surface area contributed by atoms with Crippen LogP contribution >= 0.6 is 11.6 Å². The molecule has 1 aliphatic rings. The maximum absolute atomic E-state index is 14.0. The minimum atomic E-state index is -0.459. The first-order valence-electron chi connectivity index (χ1n) is 6.67. The average molecular weight is 310 g/mol. The van der Waals surface area contributed by atoms with Crippen molar-refractivity contribution < 1.29 is 13.5 Å². The maximum atomic E-state index is 14.0. The summed E-state index contributed by atoms with van der Waals surface area (Å²) in [5, 5.41) is 3.58. The number of halogens is 3. The standard InChI is InChI=1S/C16H14ClF2NO/c1-20-14-8-16(11-6-9(17)2-4-13(11)19)21-15-5-3-10(18)7-12(14)15/h2-7,14,16,20H,8H2,1H3. The van der Waals surface area contributed by atoms with Crippen molar-refractivity contribution in [2.75, 3.05) is 7.05 Å². The first-order valence-corrected chi connectivity index (χ1v) is 7.04. The number of hydrogen-bond donors (Lipinski definition) is 1. The molecule has 2 nitrogen and oxygen atoms in total. The summed E-state index contributed by atoms with van der Waals surface area (Å²) in [5.41, 5.74) is 1.16. The van der Waals surface area contributed by atoms with E-state index in [1.165, 1.54) is 24.3 Å². The fourth-order valence-corrected chi connectivity index (χ4v) is 2.85. The quantitative estimate of drug-likeness (QED) is 0.887. The van der Waals surface area contributed by atoms with Crippen molar-refractivity contribution in [3.8, 4) is 5.75 Å². The van der Waals surface area contributed by atoms with E-state index in [2.05, 4.69) is 5.32 Å². The molecule has 0 aliphatic carbocycles. The predicted octanol–water partition coefficient (Wildman–Crippen LogP) is 4.40. The van der Waals surface area contributed by atoms with Crippen LogP contribution in [0.15, 0.2) is 36.4 Å². The number of rotatable bonds is 2. The third-order valence-electron chi connectivity index (χ3n) is 3.72. The summed E-state index contributed by atoms with van der Waals surface area (Å²) in [7, 11) is 1.79. The Bertz CT molecular complexity index is 677. The Morgan fingerprint density at radius 2 is 1.95 bits per heavy atom. The van der Waals surface area contributed by atoms with Crippen LogP contribution in [0.2, 0.25) is 5.02 Å². The molecule has 3 rings (SSSR count). The van der Waals surface area contributed by atoms with Gasteiger partial charge in [0, 0.05) is 28.6 Å². The van der Waals surface area contributed by atoms with Crippen LogP contribution in [0.1, 0.15) is 29.7 Å². The molecule has 0 radical (unpaired) electrons. The molecule has 0 saturated heterocycles. The Morgan fingerprint density at radius 1 is 1.14 bits per heavy atom. The summed E-state index contributed by atoms with van der Waals surface area (Å²) in [5.74, 6) is -0.110. The number of nitrogens with one attached hydrogen (secondary N) is 1. The van der Waals surface area contributed by atoms with Crippen molar-refractivity contribution in [2.45, 2.75) is 18.6 Å². The normalized spacial score (nSPS) is 20.8. The monoisotopic (exact) mass is 309 g/mol. The Hall–Kier alpha value is -1.65. The van der Waals surface area contributed by atoms with Crippen molar-refractivity contribution in [3.05, 3.63) is 64.2 Å². The first kappa shape index (κ1) is 14.3. The van der Waals surface area contributed by atoms with Gasteiger partial charge in [-0.2, -0.15) is 0 Å². The van der Waals surface area contributed by atoms with Gasteiger partial charge >= 0.3 is 0 Å². The van der Waals surface area contributed by atoms with Crippen molar-refractivity contribution in [3.63, 3.8) is 0 Å². The fraction of sp³-hybridized carbons (Fsp3) is 0.250. The van der Waals surface area contributed by atoms with Crippen LogP contribution in [-0.2, 0) is 0 Å². The van der Waals surface area contributed by atoms with Gasteiger partial charge in [0.2, 0.25) is 0 Å². The van der Waals surface area contributed by atoms with Crippen molar-refractivity contribution in [2.24, 2.45) is 0 Å². The van der Waals surface area contributed by atoms with Crippen molar-refractivity contribution in [1.29, 1.82) is 0 Å². The molecule has 0 fully saturated rings. The summed E-state index contributed by atoms with van der Waals surface area (Å²) in [6.45, 7) is 0. The van der Waals surface area contributed by atoms with Crippen LogP contribution in [0, 0.1) is 11.6 Å². The molecule has 1 aliphatic heterocycles. The lowest BCUT2D eigenvalue weighted by atomic mass is 9.93. The number of ether oxygens (including phenoxy) is 1. The molecule has 0 amide bonds. The van der Waals surface area contributed by atoms with Crippen LogP contribution in [0.5, 0.6) is 5.75 Å². The van der Waals surface area contributed by atoms with Gasteiger partial charge in [-0.15, -0.1) is 0 Å². The second-order valence-corrected chi connectivity index (χ2v) is 5.47. The van der Waals surface area contributed by atoms with Crippen LogP contribution in [-0.4, -0.2) is 7.05 Å². The van der Waals surface area contributed by atoms with Gasteiger partial charge in [0.1, 0.15) is 23.5 Å². The van der Waals surface area contributed by atoms with E-state index in [0.29, 0.717) is 22.8 Å². The Kier molecular flexibility index (Phi) is 3.83. The molecule has 5 heteroatoms. The molecule has 0 bridgehead atoms. The largest absolute Gasteiger partial charge is 0.485 e. The first-order chi connectivity index (χ1) is 10.1. The second kappa shape index (κ2) is 5.62. The molecule has 1 N–H and O–H groups in total. The van der Waals surface area contributed by atoms with E-state index in [0.717, 1.165) is 5.56 Å². The van der Waals surface area contributed by atoms with E-state index < -0.39 is 6.10 Å². The Morgan fingerprint density at radius 3 is 2.71 bits per heavy atom. The van der Waals surface area contributed by atoms with Crippen LogP contribution in [0.25, 0.3) is 0 Å². The summed E-state index contributed by atoms with van der Waals surface area (Å²) < 4.78 is 33.2. The zero-order valence-corrected chi connectivity index (χ0v) is 12.1. The van der Waals surface area contributed by atoms with Gasteiger partial charge in [-0.1, -0.05) is 11.6 Å². The summed E-state index contributed by atoms with van der Waals surface area (Å²) in [6.07, 6.45) is 0.0450. The third kappa shape index (κ3) is 2.74. The number of benzene rings is 2. The van der Waals surface area contributed by atoms with Gasteiger partial charge in [0.05, 0.1) is 0 Å². The lowest BCUT2D eigenvalue weighted by Gasteiger charge is -2.32. The van der Waals surface area contributed by atoms with E-state index in [4.69, 9.17) is 16.3 Å². The van der Waals surface area contributed by atoms with Crippen LogP contribution < -0.4 is 10.1 Å². The Labute approximate surface area is 126 Å². The minimum absolute atomic E-state index is 0.104. The highest BCUT2D eigenvalue weighted by atomic mass is 35.5. The molecule has 2 unspecified atom stereocenters. The van der Waals surface area contributed by atoms with E-state index >= 15 is 0 Å². The summed E-state index contributed by atoms with van der Waals surface area (Å²) >= 11 is 5.94. The van der Waals surface area contributed by atoms with Gasteiger partial charge in [0.25, 0.3) is 0 Å². The van der Waals surface area contributed by atoms with Gasteiger partial charge in [0.15, 0.2) is 0 Å². The third-order valence-corrected chi connectivity index (χ3v) is 3.95. The molecule has 2 atom stereocenters. The zero-order valence-electron chi connectivity index (χ0n) is 11.4. The van der Waals surface area contributed by atoms with Gasteiger partial charge in [-0.25, -0.2) is 8.78 Å². The van der Waals surface area contributed by atoms with Gasteiger partial charge in [-0.3, -0.25) is 0 Å². The molecule has 110 valence electrons. The molecule has 21 heavy (non-hydrogen) atoms. The predicted molar refractivity (Wildman–Crippen MR) is 77.6 cm³/mol. The molecule has 2 aromatic carbocycles. The van der Waals surface area contributed by atoms with E-state index in [-0.39, 0.29) is 17.7 Å². The maximum Gasteiger partial charge on any atom is 0.130 e. The van der Waals surface area contributed by atoms with Crippen LogP contribution in [0.3, 0.4) is 0 Å². The number of hydrogen-bond acceptors (Lipinski definition) is 2. The molecule has 0 aromatic heterocycles. The average Bonchev–Trinajstić information content (AvgIpc) is 2.48. The smallest absolute Gasteiger partial charge is 0.130 e. The van der Waals surface area contributed by atoms with Gasteiger partial charge in [-0.05, 0) is 43.4 Å². The number of fused-ring (bicyclic) bond motifs is 1. The molecular formula is C16H14ClF2NO. The van der Waals surface area contributed by atoms with Crippen LogP contribution in [0.4, 0.5) is 8.78 Å². The highest BCUT2D eigenvalue weighted by Gasteiger charge is 2.30. The topological polar surface area (TPSA) is 21.3 Å². The SMILES string of the molecule is CNC1CC(c2cc(Cl)ccc2F)Oc2ccc(F)cc21. The van der Waals surface area contributed by atoms with E-state index in [1.54, 1.807) is 19.2 Å². The molecule has 0 saturated carbocycles. The minimum Gasteiger partial charge on any atom is -0.485 e. The zero-order chi connectivity index (χ0) is 15.0.